The van der Waals surface area contributed by atoms with Gasteiger partial charge in [-0.1, -0.05) is 32.9 Å². The number of carbonyl (C=O) groups excluding carboxylic acids is 1. The minimum Gasteiger partial charge on any atom is -0.457 e. The highest BCUT2D eigenvalue weighted by molar-refractivity contribution is 9.10. The first kappa shape index (κ1) is 15.8. The molecule has 2 rings (SSSR count). The Balaban J connectivity index is 2.28. The number of furan rings is 1. The Morgan fingerprint density at radius 2 is 1.86 bits per heavy atom. The Hall–Kier alpha value is -1.62. The third-order valence-corrected chi connectivity index (χ3v) is 3.82. The van der Waals surface area contributed by atoms with Crippen LogP contribution in [0, 0.1) is 11.2 Å². The lowest BCUT2D eigenvalue weighted by Gasteiger charge is -2.32. The van der Waals surface area contributed by atoms with Gasteiger partial charge in [-0.2, -0.15) is 0 Å². The van der Waals surface area contributed by atoms with Crippen molar-refractivity contribution in [3.8, 4) is 0 Å². The smallest absolute Gasteiger partial charge is 0.256 e. The molecule has 0 saturated heterocycles. The molecule has 1 N–H and O–H groups in total. The fraction of sp³-hybridized carbons (Fsp3) is 0.312. The zero-order chi connectivity index (χ0) is 15.6. The van der Waals surface area contributed by atoms with Crippen molar-refractivity contribution in [3.05, 3.63) is 58.2 Å². The minimum absolute atomic E-state index is 0.219. The summed E-state index contributed by atoms with van der Waals surface area (Å²) in [6, 6.07) is 7.53. The summed E-state index contributed by atoms with van der Waals surface area (Å²) in [4.78, 5) is 12.3. The Morgan fingerprint density at radius 1 is 1.24 bits per heavy atom. The Kier molecular flexibility index (Phi) is 4.52. The van der Waals surface area contributed by atoms with Crippen molar-refractivity contribution in [2.24, 2.45) is 5.41 Å². The summed E-state index contributed by atoms with van der Waals surface area (Å²) in [7, 11) is 0. The van der Waals surface area contributed by atoms with Gasteiger partial charge in [-0.15, -0.1) is 0 Å². The van der Waals surface area contributed by atoms with Crippen LogP contribution in [0.1, 0.15) is 42.7 Å². The molecule has 112 valence electrons. The molecule has 0 spiro atoms. The van der Waals surface area contributed by atoms with Crippen LogP contribution in [-0.4, -0.2) is 5.91 Å². The van der Waals surface area contributed by atoms with E-state index in [0.29, 0.717) is 10.2 Å². The van der Waals surface area contributed by atoms with Crippen LogP contribution in [0.15, 0.2) is 45.7 Å². The highest BCUT2D eigenvalue weighted by atomic mass is 79.9. The number of nitrogens with one attached hydrogen (secondary N) is 1. The van der Waals surface area contributed by atoms with Gasteiger partial charge in [0.2, 0.25) is 0 Å². The van der Waals surface area contributed by atoms with Gasteiger partial charge < -0.3 is 9.73 Å². The van der Waals surface area contributed by atoms with Crippen LogP contribution in [0.2, 0.25) is 0 Å². The Morgan fingerprint density at radius 3 is 2.33 bits per heavy atom. The molecule has 1 unspecified atom stereocenters. The molecule has 0 bridgehead atoms. The molecule has 1 aromatic heterocycles. The predicted molar refractivity (Wildman–Crippen MR) is 82.5 cm³/mol. The van der Waals surface area contributed by atoms with Crippen molar-refractivity contribution in [2.45, 2.75) is 26.8 Å². The molecule has 3 nitrogen and oxygen atoms in total. The Labute approximate surface area is 131 Å². The molecule has 0 aliphatic heterocycles. The summed E-state index contributed by atoms with van der Waals surface area (Å²) in [5.41, 5.74) is 1.08. The van der Waals surface area contributed by atoms with E-state index < -0.39 is 0 Å². The van der Waals surface area contributed by atoms with Crippen molar-refractivity contribution >= 4 is 21.8 Å². The van der Waals surface area contributed by atoms with Crippen LogP contribution in [0.25, 0.3) is 0 Å². The molecule has 0 aliphatic rings. The number of amides is 1. The summed E-state index contributed by atoms with van der Waals surface area (Å²) in [5, 5.41) is 2.98. The van der Waals surface area contributed by atoms with E-state index in [2.05, 4.69) is 21.2 Å². The average Bonchev–Trinajstić information content (AvgIpc) is 2.82. The van der Waals surface area contributed by atoms with Crippen LogP contribution in [-0.2, 0) is 0 Å². The third kappa shape index (κ3) is 3.73. The Bertz CT molecular complexity index is 628. The molecule has 0 saturated carbocycles. The lowest BCUT2D eigenvalue weighted by Crippen LogP contribution is -2.36. The summed E-state index contributed by atoms with van der Waals surface area (Å²) < 4.78 is 18.6. The fourth-order valence-corrected chi connectivity index (χ4v) is 2.54. The monoisotopic (exact) mass is 353 g/mol. The van der Waals surface area contributed by atoms with Gasteiger partial charge in [0.1, 0.15) is 5.82 Å². The van der Waals surface area contributed by atoms with Gasteiger partial charge >= 0.3 is 0 Å². The first-order chi connectivity index (χ1) is 9.79. The van der Waals surface area contributed by atoms with Crippen molar-refractivity contribution in [1.29, 1.82) is 0 Å². The van der Waals surface area contributed by atoms with Gasteiger partial charge in [0.15, 0.2) is 4.67 Å². The second kappa shape index (κ2) is 6.02. The zero-order valence-corrected chi connectivity index (χ0v) is 13.7. The molecular formula is C16H17BrFNO2. The van der Waals surface area contributed by atoms with Crippen molar-refractivity contribution in [2.75, 3.05) is 0 Å². The molecule has 1 heterocycles. The van der Waals surface area contributed by atoms with Gasteiger partial charge in [0.05, 0.1) is 17.9 Å². The predicted octanol–water partition coefficient (Wildman–Crippen LogP) is 4.70. The molecule has 5 heteroatoms. The SMILES string of the molecule is CC(C)(C)C(NC(=O)c1ccoc1Br)c1ccc(F)cc1. The lowest BCUT2D eigenvalue weighted by atomic mass is 9.82. The van der Waals surface area contributed by atoms with Crippen LogP contribution < -0.4 is 5.32 Å². The van der Waals surface area contributed by atoms with E-state index in [1.807, 2.05) is 20.8 Å². The van der Waals surface area contributed by atoms with Gasteiger partial charge in [-0.3, -0.25) is 4.79 Å². The third-order valence-electron chi connectivity index (χ3n) is 3.21. The van der Waals surface area contributed by atoms with Crippen LogP contribution in [0.5, 0.6) is 0 Å². The maximum Gasteiger partial charge on any atom is 0.256 e. The quantitative estimate of drug-likeness (QED) is 0.868. The second-order valence-electron chi connectivity index (χ2n) is 5.93. The van der Waals surface area contributed by atoms with Crippen LogP contribution >= 0.6 is 15.9 Å². The van der Waals surface area contributed by atoms with Crippen molar-refractivity contribution in [3.63, 3.8) is 0 Å². The first-order valence-corrected chi connectivity index (χ1v) is 7.37. The van der Waals surface area contributed by atoms with Gasteiger partial charge in [-0.25, -0.2) is 4.39 Å². The fourth-order valence-electron chi connectivity index (χ4n) is 2.12. The van der Waals surface area contributed by atoms with Gasteiger partial charge in [0.25, 0.3) is 5.91 Å². The van der Waals surface area contributed by atoms with E-state index in [1.165, 1.54) is 18.4 Å². The highest BCUT2D eigenvalue weighted by Crippen LogP contribution is 2.33. The van der Waals surface area contributed by atoms with Gasteiger partial charge in [-0.05, 0) is 45.1 Å². The van der Waals surface area contributed by atoms with E-state index in [0.717, 1.165) is 5.56 Å². The van der Waals surface area contributed by atoms with E-state index in [9.17, 15) is 9.18 Å². The molecule has 1 aromatic carbocycles. The average molecular weight is 354 g/mol. The maximum absolute atomic E-state index is 13.1. The molecule has 0 aliphatic carbocycles. The molecule has 1 atom stereocenters. The molecule has 0 radical (unpaired) electrons. The summed E-state index contributed by atoms with van der Waals surface area (Å²) in [5.74, 6) is -0.532. The first-order valence-electron chi connectivity index (χ1n) is 6.58. The van der Waals surface area contributed by atoms with E-state index in [1.54, 1.807) is 18.2 Å². The summed E-state index contributed by atoms with van der Waals surface area (Å²) >= 11 is 3.20. The molecule has 2 aromatic rings. The number of carbonyl (C=O) groups is 1. The van der Waals surface area contributed by atoms with E-state index in [-0.39, 0.29) is 23.2 Å². The van der Waals surface area contributed by atoms with E-state index >= 15 is 0 Å². The lowest BCUT2D eigenvalue weighted by molar-refractivity contribution is 0.0900. The standard InChI is InChI=1S/C16H17BrFNO2/c1-16(2,3)13(10-4-6-11(18)7-5-10)19-15(20)12-8-9-21-14(12)17/h4-9,13H,1-3H3,(H,19,20). The van der Waals surface area contributed by atoms with Gasteiger partial charge in [0, 0.05) is 0 Å². The van der Waals surface area contributed by atoms with Crippen LogP contribution in [0.4, 0.5) is 4.39 Å². The number of rotatable bonds is 3. The van der Waals surface area contributed by atoms with E-state index in [4.69, 9.17) is 4.42 Å². The molecule has 0 fully saturated rings. The highest BCUT2D eigenvalue weighted by Gasteiger charge is 2.29. The largest absolute Gasteiger partial charge is 0.457 e. The number of halogens is 2. The van der Waals surface area contributed by atoms with Crippen molar-refractivity contribution < 1.29 is 13.6 Å². The summed E-state index contributed by atoms with van der Waals surface area (Å²) in [6.07, 6.45) is 1.45. The molecule has 21 heavy (non-hydrogen) atoms. The second-order valence-corrected chi connectivity index (χ2v) is 6.65. The molecular weight excluding hydrogens is 337 g/mol. The maximum atomic E-state index is 13.1. The normalized spacial score (nSPS) is 13.0. The van der Waals surface area contributed by atoms with Crippen LogP contribution in [0.3, 0.4) is 0 Å². The number of hydrogen-bond acceptors (Lipinski definition) is 2. The number of hydrogen-bond donors (Lipinski definition) is 1. The van der Waals surface area contributed by atoms with Crippen molar-refractivity contribution in [1.82, 2.24) is 5.32 Å². The zero-order valence-electron chi connectivity index (χ0n) is 12.1. The summed E-state index contributed by atoms with van der Waals surface area (Å²) in [6.45, 7) is 6.06. The topological polar surface area (TPSA) is 42.2 Å². The minimum atomic E-state index is -0.296. The molecule has 1 amide bonds. The number of benzene rings is 1.